The molecule has 1 fully saturated rings. The van der Waals surface area contributed by atoms with Gasteiger partial charge in [0.15, 0.2) is 0 Å². The molecule has 2 atom stereocenters. The van der Waals surface area contributed by atoms with Crippen LogP contribution in [0.3, 0.4) is 0 Å². The Morgan fingerprint density at radius 3 is 2.82 bits per heavy atom. The third-order valence-corrected chi connectivity index (χ3v) is 4.02. The van der Waals surface area contributed by atoms with Crippen LogP contribution in [0.25, 0.3) is 0 Å². The Morgan fingerprint density at radius 1 is 1.18 bits per heavy atom. The largest absolute Gasteiger partial charge is 0.371 e. The van der Waals surface area contributed by atoms with E-state index in [0.29, 0.717) is 6.04 Å². The maximum Gasteiger partial charge on any atom is 0.0975 e. The van der Waals surface area contributed by atoms with Gasteiger partial charge < -0.3 is 10.1 Å². The number of nitrogens with one attached hydrogen (secondary N) is 1. The number of ether oxygens (including phenoxy) is 1. The summed E-state index contributed by atoms with van der Waals surface area (Å²) < 4.78 is 5.90. The van der Waals surface area contributed by atoms with Crippen molar-refractivity contribution in [1.82, 2.24) is 5.32 Å². The van der Waals surface area contributed by atoms with Gasteiger partial charge in [0.05, 0.1) is 12.7 Å². The summed E-state index contributed by atoms with van der Waals surface area (Å²) in [5.74, 6) is 0. The van der Waals surface area contributed by atoms with E-state index in [0.717, 1.165) is 13.2 Å². The van der Waals surface area contributed by atoms with Crippen molar-refractivity contribution < 1.29 is 4.74 Å². The van der Waals surface area contributed by atoms with Crippen LogP contribution in [-0.4, -0.2) is 19.2 Å². The molecule has 0 saturated carbocycles. The molecule has 3 rings (SSSR count). The molecule has 1 heterocycles. The summed E-state index contributed by atoms with van der Waals surface area (Å²) in [5.41, 5.74) is 4.46. The molecule has 1 aliphatic carbocycles. The molecule has 1 aromatic rings. The summed E-state index contributed by atoms with van der Waals surface area (Å²) in [5, 5.41) is 3.49. The van der Waals surface area contributed by atoms with Crippen molar-refractivity contribution in [2.45, 2.75) is 44.8 Å². The third-order valence-electron chi connectivity index (χ3n) is 4.02. The molecule has 17 heavy (non-hydrogen) atoms. The number of fused-ring (bicyclic) bond motifs is 1. The van der Waals surface area contributed by atoms with Gasteiger partial charge >= 0.3 is 0 Å². The Hall–Kier alpha value is -0.860. The Balaban J connectivity index is 1.87. The maximum absolute atomic E-state index is 5.90. The molecular formula is C15H21NO. The number of hydrogen-bond acceptors (Lipinski definition) is 2. The van der Waals surface area contributed by atoms with Gasteiger partial charge in [-0.2, -0.15) is 0 Å². The van der Waals surface area contributed by atoms with Crippen molar-refractivity contribution in [2.75, 3.05) is 13.2 Å². The Morgan fingerprint density at radius 2 is 2.00 bits per heavy atom. The van der Waals surface area contributed by atoms with E-state index in [1.54, 1.807) is 11.1 Å². The molecule has 0 aromatic heterocycles. The number of hydrogen-bond donors (Lipinski definition) is 1. The summed E-state index contributed by atoms with van der Waals surface area (Å²) in [6.45, 7) is 4.01. The predicted octanol–water partition coefficient (Wildman–Crippen LogP) is 2.61. The van der Waals surface area contributed by atoms with E-state index < -0.39 is 0 Å². The summed E-state index contributed by atoms with van der Waals surface area (Å²) in [4.78, 5) is 0. The molecule has 92 valence electrons. The second-order valence-electron chi connectivity index (χ2n) is 5.27. The van der Waals surface area contributed by atoms with Gasteiger partial charge in [0.2, 0.25) is 0 Å². The molecule has 0 amide bonds. The normalized spacial score (nSPS) is 28.8. The first-order valence-electron chi connectivity index (χ1n) is 6.81. The highest BCUT2D eigenvalue weighted by Crippen LogP contribution is 2.28. The van der Waals surface area contributed by atoms with Crippen molar-refractivity contribution in [3.63, 3.8) is 0 Å². The summed E-state index contributed by atoms with van der Waals surface area (Å²) >= 11 is 0. The van der Waals surface area contributed by atoms with Crippen LogP contribution < -0.4 is 5.32 Å². The summed E-state index contributed by atoms with van der Waals surface area (Å²) in [6.07, 6.45) is 5.43. The fourth-order valence-electron chi connectivity index (χ4n) is 3.04. The van der Waals surface area contributed by atoms with Gasteiger partial charge in [0, 0.05) is 12.6 Å². The van der Waals surface area contributed by atoms with Crippen LogP contribution in [0.2, 0.25) is 0 Å². The van der Waals surface area contributed by atoms with Crippen LogP contribution in [0.1, 0.15) is 42.6 Å². The molecule has 2 heteroatoms. The van der Waals surface area contributed by atoms with E-state index in [2.05, 4.69) is 30.4 Å². The Kier molecular flexibility index (Phi) is 3.17. The standard InChI is InChI=1S/C15H21NO/c1-11-15(17-9-8-16-11)14-7-6-12-4-2-3-5-13(12)10-14/h6-7,10-11,15-16H,2-5,8-9H2,1H3. The molecule has 0 radical (unpaired) electrons. The number of morpholine rings is 1. The zero-order valence-electron chi connectivity index (χ0n) is 10.5. The highest BCUT2D eigenvalue weighted by atomic mass is 16.5. The molecule has 2 aliphatic rings. The summed E-state index contributed by atoms with van der Waals surface area (Å²) in [7, 11) is 0. The molecule has 0 spiro atoms. The van der Waals surface area contributed by atoms with E-state index >= 15 is 0 Å². The van der Waals surface area contributed by atoms with Crippen LogP contribution in [-0.2, 0) is 17.6 Å². The molecule has 1 aliphatic heterocycles. The fraction of sp³-hybridized carbons (Fsp3) is 0.600. The van der Waals surface area contributed by atoms with Crippen LogP contribution in [0, 0.1) is 0 Å². The first kappa shape index (κ1) is 11.2. The number of benzene rings is 1. The highest BCUT2D eigenvalue weighted by Gasteiger charge is 2.24. The van der Waals surface area contributed by atoms with E-state index in [-0.39, 0.29) is 6.10 Å². The van der Waals surface area contributed by atoms with Crippen molar-refractivity contribution in [3.05, 3.63) is 34.9 Å². The van der Waals surface area contributed by atoms with Crippen molar-refractivity contribution in [1.29, 1.82) is 0 Å². The Bertz CT molecular complexity index is 402. The minimum atomic E-state index is 0.232. The fourth-order valence-corrected chi connectivity index (χ4v) is 3.04. The Labute approximate surface area is 103 Å². The average molecular weight is 231 g/mol. The molecule has 0 bridgehead atoms. The smallest absolute Gasteiger partial charge is 0.0975 e. The first-order chi connectivity index (χ1) is 8.34. The van der Waals surface area contributed by atoms with E-state index in [1.165, 1.54) is 31.2 Å². The monoisotopic (exact) mass is 231 g/mol. The van der Waals surface area contributed by atoms with Crippen LogP contribution in [0.4, 0.5) is 0 Å². The molecular weight excluding hydrogens is 210 g/mol. The van der Waals surface area contributed by atoms with Gasteiger partial charge in [-0.25, -0.2) is 0 Å². The molecule has 1 N–H and O–H groups in total. The second kappa shape index (κ2) is 4.79. The SMILES string of the molecule is CC1NCCOC1c1ccc2c(c1)CCCC2. The van der Waals surface area contributed by atoms with Crippen molar-refractivity contribution in [3.8, 4) is 0 Å². The van der Waals surface area contributed by atoms with Gasteiger partial charge in [0.1, 0.15) is 0 Å². The van der Waals surface area contributed by atoms with E-state index in [4.69, 9.17) is 4.74 Å². The lowest BCUT2D eigenvalue weighted by molar-refractivity contribution is -0.000280. The lowest BCUT2D eigenvalue weighted by atomic mass is 9.88. The third kappa shape index (κ3) is 2.24. The minimum absolute atomic E-state index is 0.232. The lowest BCUT2D eigenvalue weighted by Crippen LogP contribution is -2.41. The highest BCUT2D eigenvalue weighted by molar-refractivity contribution is 5.35. The predicted molar refractivity (Wildman–Crippen MR) is 69.2 cm³/mol. The van der Waals surface area contributed by atoms with Gasteiger partial charge in [0.25, 0.3) is 0 Å². The molecule has 1 saturated heterocycles. The van der Waals surface area contributed by atoms with Gasteiger partial charge in [-0.15, -0.1) is 0 Å². The van der Waals surface area contributed by atoms with Gasteiger partial charge in [-0.3, -0.25) is 0 Å². The zero-order chi connectivity index (χ0) is 11.7. The quantitative estimate of drug-likeness (QED) is 0.802. The topological polar surface area (TPSA) is 21.3 Å². The minimum Gasteiger partial charge on any atom is -0.371 e. The zero-order valence-corrected chi connectivity index (χ0v) is 10.5. The number of aryl methyl sites for hydroxylation is 2. The lowest BCUT2D eigenvalue weighted by Gasteiger charge is -2.31. The van der Waals surface area contributed by atoms with Crippen LogP contribution >= 0.6 is 0 Å². The van der Waals surface area contributed by atoms with E-state index in [9.17, 15) is 0 Å². The average Bonchev–Trinajstić information content (AvgIpc) is 2.39. The van der Waals surface area contributed by atoms with Crippen molar-refractivity contribution >= 4 is 0 Å². The maximum atomic E-state index is 5.90. The first-order valence-corrected chi connectivity index (χ1v) is 6.81. The molecule has 2 unspecified atom stereocenters. The van der Waals surface area contributed by atoms with Crippen molar-refractivity contribution in [2.24, 2.45) is 0 Å². The van der Waals surface area contributed by atoms with Gasteiger partial charge in [-0.05, 0) is 49.3 Å². The van der Waals surface area contributed by atoms with Crippen LogP contribution in [0.15, 0.2) is 18.2 Å². The number of rotatable bonds is 1. The second-order valence-corrected chi connectivity index (χ2v) is 5.27. The molecule has 2 nitrogen and oxygen atoms in total. The van der Waals surface area contributed by atoms with E-state index in [1.807, 2.05) is 0 Å². The van der Waals surface area contributed by atoms with Crippen LogP contribution in [0.5, 0.6) is 0 Å². The van der Waals surface area contributed by atoms with Gasteiger partial charge in [-0.1, -0.05) is 18.2 Å². The summed E-state index contributed by atoms with van der Waals surface area (Å²) in [6, 6.07) is 7.38. The molecule has 1 aromatic carbocycles.